The van der Waals surface area contributed by atoms with Gasteiger partial charge in [-0.25, -0.2) is 0 Å². The zero-order chi connectivity index (χ0) is 32.1. The van der Waals surface area contributed by atoms with Gasteiger partial charge in [-0.1, -0.05) is 38.5 Å². The number of carboxylic acid groups (broad SMARTS) is 1. The van der Waals surface area contributed by atoms with Gasteiger partial charge in [-0.2, -0.15) is 13.2 Å². The number of likely N-dealkylation sites (tertiary alicyclic amines) is 2. The Morgan fingerprint density at radius 3 is 2.48 bits per heavy atom. The van der Waals surface area contributed by atoms with Crippen molar-refractivity contribution in [2.45, 2.75) is 76.6 Å². The van der Waals surface area contributed by atoms with E-state index >= 15 is 0 Å². The van der Waals surface area contributed by atoms with Gasteiger partial charge in [-0.15, -0.1) is 0 Å². The molecule has 0 radical (unpaired) electrons. The molecule has 2 aliphatic rings. The Bertz CT molecular complexity index is 1330. The number of carbonyl (C=O) groups excluding carboxylic acids is 2. The number of nitrogens with zero attached hydrogens (tertiary/aromatic N) is 3. The molecular weight excluding hydrogens is 579 g/mol. The number of piperidine rings is 2. The van der Waals surface area contributed by atoms with E-state index in [4.69, 9.17) is 9.84 Å². The number of ether oxygens (including phenoxy) is 1. The fourth-order valence-corrected chi connectivity index (χ4v) is 6.36. The minimum atomic E-state index is -4.74. The molecule has 0 aliphatic carbocycles. The number of rotatable bonds is 10. The molecule has 44 heavy (non-hydrogen) atoms. The van der Waals surface area contributed by atoms with E-state index in [9.17, 15) is 32.7 Å². The summed E-state index contributed by atoms with van der Waals surface area (Å²) in [7, 11) is 0. The number of alkyl halides is 3. The van der Waals surface area contributed by atoms with Gasteiger partial charge in [0.05, 0.1) is 30.1 Å². The Morgan fingerprint density at radius 1 is 1.11 bits per heavy atom. The zero-order valence-electron chi connectivity index (χ0n) is 25.1. The van der Waals surface area contributed by atoms with Crippen molar-refractivity contribution < 1.29 is 42.5 Å². The fourth-order valence-electron chi connectivity index (χ4n) is 6.36. The topological polar surface area (TPSA) is 120 Å². The van der Waals surface area contributed by atoms with Crippen molar-refractivity contribution >= 4 is 17.8 Å². The monoisotopic (exact) mass is 619 g/mol. The third kappa shape index (κ3) is 7.51. The van der Waals surface area contributed by atoms with Crippen LogP contribution in [0.5, 0.6) is 5.75 Å². The Morgan fingerprint density at radius 2 is 1.82 bits per heavy atom. The van der Waals surface area contributed by atoms with E-state index in [0.29, 0.717) is 37.0 Å². The first-order valence-electron chi connectivity index (χ1n) is 15.1. The van der Waals surface area contributed by atoms with Crippen molar-refractivity contribution in [3.05, 3.63) is 59.4 Å². The first kappa shape index (κ1) is 33.2. The van der Waals surface area contributed by atoms with E-state index in [1.165, 1.54) is 11.1 Å². The summed E-state index contributed by atoms with van der Waals surface area (Å²) in [5, 5.41) is 20.7. The number of aliphatic carboxylic acids is 1. The molecule has 1 aromatic carbocycles. The van der Waals surface area contributed by atoms with Crippen molar-refractivity contribution in [1.29, 1.82) is 0 Å². The predicted octanol–water partition coefficient (Wildman–Crippen LogP) is 5.12. The zero-order valence-corrected chi connectivity index (χ0v) is 25.1. The number of pyridine rings is 1. The Hall–Kier alpha value is -3.67. The maximum absolute atomic E-state index is 13.9. The lowest BCUT2D eigenvalue weighted by Crippen LogP contribution is -2.55. The number of hydrogen-bond acceptors (Lipinski definition) is 6. The van der Waals surface area contributed by atoms with Gasteiger partial charge in [-0.3, -0.25) is 19.4 Å². The molecule has 2 fully saturated rings. The fraction of sp³-hybridized carbons (Fsp3) is 0.562. The van der Waals surface area contributed by atoms with Crippen LogP contribution in [-0.4, -0.2) is 75.1 Å². The van der Waals surface area contributed by atoms with Crippen LogP contribution in [0.25, 0.3) is 0 Å². The van der Waals surface area contributed by atoms with Gasteiger partial charge in [0.25, 0.3) is 5.91 Å². The quantitative estimate of drug-likeness (QED) is 0.379. The maximum Gasteiger partial charge on any atom is 0.418 e. The lowest BCUT2D eigenvalue weighted by Gasteiger charge is -2.45. The third-order valence-electron chi connectivity index (χ3n) is 8.59. The van der Waals surface area contributed by atoms with Crippen LogP contribution in [-0.2, 0) is 21.4 Å². The van der Waals surface area contributed by atoms with Crippen LogP contribution in [0.1, 0.15) is 80.4 Å². The molecule has 2 amide bonds. The Balaban J connectivity index is 1.47. The van der Waals surface area contributed by atoms with Crippen LogP contribution in [0.15, 0.2) is 42.6 Å². The molecule has 3 heterocycles. The van der Waals surface area contributed by atoms with Crippen molar-refractivity contribution in [2.75, 3.05) is 26.2 Å². The van der Waals surface area contributed by atoms with E-state index in [1.54, 1.807) is 36.1 Å². The van der Waals surface area contributed by atoms with Gasteiger partial charge in [-0.05, 0) is 50.3 Å². The predicted molar refractivity (Wildman–Crippen MR) is 155 cm³/mol. The van der Waals surface area contributed by atoms with Crippen LogP contribution in [0.4, 0.5) is 13.2 Å². The SMILES string of the molecule is CCCC1C(C(=O)N2CCC(O)(c3ccccc3OCC(C)CC(=O)O)CC2)CCCN1C(=O)c1ncccc1C(F)(F)F. The molecular formula is C32H40F3N3O6. The largest absolute Gasteiger partial charge is 0.493 e. The van der Waals surface area contributed by atoms with Crippen LogP contribution < -0.4 is 4.74 Å². The van der Waals surface area contributed by atoms with Crippen LogP contribution in [0.3, 0.4) is 0 Å². The number of aliphatic hydroxyl groups is 1. The normalized spacial score (nSPS) is 21.0. The smallest absolute Gasteiger partial charge is 0.418 e. The molecule has 2 aromatic rings. The summed E-state index contributed by atoms with van der Waals surface area (Å²) in [5.74, 6) is -2.26. The van der Waals surface area contributed by atoms with E-state index in [2.05, 4.69) is 4.98 Å². The van der Waals surface area contributed by atoms with Crippen LogP contribution in [0, 0.1) is 11.8 Å². The van der Waals surface area contributed by atoms with Crippen LogP contribution in [0.2, 0.25) is 0 Å². The number of hydrogen-bond donors (Lipinski definition) is 2. The molecule has 1 aromatic heterocycles. The molecule has 12 heteroatoms. The van der Waals surface area contributed by atoms with Gasteiger partial charge in [0.15, 0.2) is 0 Å². The summed E-state index contributed by atoms with van der Waals surface area (Å²) >= 11 is 0. The molecule has 0 saturated carbocycles. The summed E-state index contributed by atoms with van der Waals surface area (Å²) in [6.45, 7) is 4.59. The van der Waals surface area contributed by atoms with E-state index in [1.807, 2.05) is 6.92 Å². The summed E-state index contributed by atoms with van der Waals surface area (Å²) < 4.78 is 47.0. The molecule has 9 nitrogen and oxygen atoms in total. The molecule has 3 unspecified atom stereocenters. The number of carboxylic acids is 1. The van der Waals surface area contributed by atoms with E-state index in [-0.39, 0.29) is 57.3 Å². The summed E-state index contributed by atoms with van der Waals surface area (Å²) in [5.41, 5.74) is -2.45. The van der Waals surface area contributed by atoms with Gasteiger partial charge in [0.2, 0.25) is 5.91 Å². The molecule has 0 bridgehead atoms. The number of carbonyl (C=O) groups is 3. The average molecular weight is 620 g/mol. The molecule has 0 spiro atoms. The molecule has 4 rings (SSSR count). The number of amides is 2. The van der Waals surface area contributed by atoms with Gasteiger partial charge in [0.1, 0.15) is 11.4 Å². The highest BCUT2D eigenvalue weighted by Crippen LogP contribution is 2.40. The molecule has 3 atom stereocenters. The second-order valence-corrected chi connectivity index (χ2v) is 11.9. The standard InChI is InChI=1S/C32H40F3N3O6/c1-3-8-25-22(9-7-16-38(25)30(42)28-24(32(33,34)35)11-6-15-36-28)29(41)37-17-13-31(43,14-18-37)23-10-4-5-12-26(23)44-20-21(2)19-27(39)40/h4-6,10-12,15,21-22,25,43H,3,7-9,13-14,16-20H2,1-2H3,(H,39,40). The maximum atomic E-state index is 13.9. The van der Waals surface area contributed by atoms with E-state index in [0.717, 1.165) is 12.1 Å². The highest BCUT2D eigenvalue weighted by molar-refractivity contribution is 5.95. The second kappa shape index (κ2) is 14.0. The van der Waals surface area contributed by atoms with Crippen LogP contribution >= 0.6 is 0 Å². The second-order valence-electron chi connectivity index (χ2n) is 11.9. The van der Waals surface area contributed by atoms with Gasteiger partial charge in [0, 0.05) is 43.4 Å². The van der Waals surface area contributed by atoms with Crippen molar-refractivity contribution in [3.63, 3.8) is 0 Å². The van der Waals surface area contributed by atoms with Crippen molar-refractivity contribution in [1.82, 2.24) is 14.8 Å². The van der Waals surface area contributed by atoms with Crippen molar-refractivity contribution in [3.8, 4) is 5.75 Å². The molecule has 2 N–H and O–H groups in total. The lowest BCUT2D eigenvalue weighted by molar-refractivity contribution is -0.144. The highest BCUT2D eigenvalue weighted by Gasteiger charge is 2.45. The van der Waals surface area contributed by atoms with Crippen molar-refractivity contribution in [2.24, 2.45) is 11.8 Å². The first-order valence-corrected chi connectivity index (χ1v) is 15.1. The van der Waals surface area contributed by atoms with E-state index < -0.39 is 46.9 Å². The number of halogens is 3. The Kier molecular flexibility index (Phi) is 10.5. The summed E-state index contributed by atoms with van der Waals surface area (Å²) in [6, 6.07) is 8.47. The molecule has 2 saturated heterocycles. The third-order valence-corrected chi connectivity index (χ3v) is 8.59. The average Bonchev–Trinajstić information content (AvgIpc) is 2.99. The van der Waals surface area contributed by atoms with Gasteiger partial charge < -0.3 is 24.7 Å². The summed E-state index contributed by atoms with van der Waals surface area (Å²) in [4.78, 5) is 45.3. The first-order chi connectivity index (χ1) is 20.9. The number of benzene rings is 1. The highest BCUT2D eigenvalue weighted by atomic mass is 19.4. The van der Waals surface area contributed by atoms with Gasteiger partial charge >= 0.3 is 12.1 Å². The molecule has 240 valence electrons. The minimum Gasteiger partial charge on any atom is -0.493 e. The Labute approximate surface area is 255 Å². The number of aromatic nitrogens is 1. The molecule has 2 aliphatic heterocycles. The summed E-state index contributed by atoms with van der Waals surface area (Å²) in [6.07, 6.45) is -1.08. The minimum absolute atomic E-state index is 0.0436. The lowest BCUT2D eigenvalue weighted by atomic mass is 9.81. The number of para-hydroxylation sites is 1.